The minimum Gasteiger partial charge on any atom is -0.208 e. The molecule has 1 aliphatic rings. The number of rotatable bonds is 10. The molecule has 6 heteroatoms. The number of allylic oxidation sites excluding steroid dienone is 9. The van der Waals surface area contributed by atoms with E-state index in [1.54, 1.807) is 28.7 Å². The first-order chi connectivity index (χ1) is 28.2. The first-order valence-electron chi connectivity index (χ1n) is 19.2. The third kappa shape index (κ3) is 7.10. The van der Waals surface area contributed by atoms with Crippen LogP contribution in [0.2, 0.25) is 0 Å². The molecule has 4 aromatic carbocycles. The van der Waals surface area contributed by atoms with E-state index < -0.39 is 0 Å². The predicted molar refractivity (Wildman–Crippen MR) is 253 cm³/mol. The van der Waals surface area contributed by atoms with Gasteiger partial charge in [-0.2, -0.15) is 0 Å². The van der Waals surface area contributed by atoms with E-state index in [-0.39, 0.29) is 5.83 Å². The smallest absolute Gasteiger partial charge is 0.164 e. The van der Waals surface area contributed by atoms with Gasteiger partial charge in [-0.1, -0.05) is 129 Å². The van der Waals surface area contributed by atoms with Crippen LogP contribution in [0, 0.1) is 0 Å². The molecule has 58 heavy (non-hydrogen) atoms. The summed E-state index contributed by atoms with van der Waals surface area (Å²) in [7, 11) is 0. The molecule has 0 bridgehead atoms. The highest BCUT2D eigenvalue weighted by atomic mass is 32.1. The second kappa shape index (κ2) is 16.3. The fourth-order valence-corrected chi connectivity index (χ4v) is 9.94. The van der Waals surface area contributed by atoms with Crippen molar-refractivity contribution in [2.75, 3.05) is 0 Å². The highest BCUT2D eigenvalue weighted by molar-refractivity contribution is 7.20. The molecular formula is C52H42FN3S2. The lowest BCUT2D eigenvalue weighted by molar-refractivity contribution is 0.760. The number of fused-ring (bicyclic) bond motifs is 3. The molecule has 0 radical (unpaired) electrons. The summed E-state index contributed by atoms with van der Waals surface area (Å²) in [6.45, 7) is 22.8. The van der Waals surface area contributed by atoms with Gasteiger partial charge in [0.15, 0.2) is 17.5 Å². The van der Waals surface area contributed by atoms with Crippen molar-refractivity contribution in [3.05, 3.63) is 171 Å². The molecule has 0 saturated heterocycles. The Hall–Kier alpha value is -6.34. The Morgan fingerprint density at radius 3 is 2.10 bits per heavy atom. The van der Waals surface area contributed by atoms with E-state index in [0.717, 1.165) is 98.1 Å². The van der Waals surface area contributed by atoms with Crippen LogP contribution < -0.4 is 10.4 Å². The van der Waals surface area contributed by atoms with Gasteiger partial charge < -0.3 is 0 Å². The zero-order chi connectivity index (χ0) is 40.5. The van der Waals surface area contributed by atoms with E-state index in [9.17, 15) is 0 Å². The second-order valence-corrected chi connectivity index (χ2v) is 16.5. The van der Waals surface area contributed by atoms with Crippen LogP contribution in [-0.2, 0) is 0 Å². The molecule has 0 spiro atoms. The van der Waals surface area contributed by atoms with Crippen LogP contribution in [0.4, 0.5) is 4.39 Å². The monoisotopic (exact) mass is 791 g/mol. The van der Waals surface area contributed by atoms with Crippen LogP contribution in [0.5, 0.6) is 0 Å². The van der Waals surface area contributed by atoms with Gasteiger partial charge in [-0.05, 0) is 96.7 Å². The van der Waals surface area contributed by atoms with E-state index in [2.05, 4.69) is 81.0 Å². The fraction of sp³-hybridized carbons (Fsp3) is 0.0962. The largest absolute Gasteiger partial charge is 0.208 e. The Morgan fingerprint density at radius 1 is 0.793 bits per heavy atom. The summed E-state index contributed by atoms with van der Waals surface area (Å²) in [6, 6.07) is 22.3. The number of halogens is 1. The second-order valence-electron chi connectivity index (χ2n) is 14.4. The van der Waals surface area contributed by atoms with Gasteiger partial charge in [0.1, 0.15) is 5.83 Å². The third-order valence-corrected chi connectivity index (χ3v) is 12.8. The Labute approximate surface area is 346 Å². The summed E-state index contributed by atoms with van der Waals surface area (Å²) >= 11 is 3.37. The van der Waals surface area contributed by atoms with Gasteiger partial charge in [0.05, 0.1) is 0 Å². The maximum absolute atomic E-state index is 16.2. The van der Waals surface area contributed by atoms with Gasteiger partial charge in [0, 0.05) is 57.4 Å². The van der Waals surface area contributed by atoms with Gasteiger partial charge >= 0.3 is 0 Å². The zero-order valence-corrected chi connectivity index (χ0v) is 34.5. The highest BCUT2D eigenvalue weighted by Gasteiger charge is 2.22. The van der Waals surface area contributed by atoms with Crippen LogP contribution in [0.15, 0.2) is 128 Å². The molecule has 0 unspecified atom stereocenters. The minimum absolute atomic E-state index is 0.339. The summed E-state index contributed by atoms with van der Waals surface area (Å²) in [5, 5.41) is 5.03. The Balaban J connectivity index is 1.30. The fourth-order valence-electron chi connectivity index (χ4n) is 7.72. The third-order valence-electron chi connectivity index (χ3n) is 10.3. The van der Waals surface area contributed by atoms with Gasteiger partial charge in [-0.25, -0.2) is 19.3 Å². The van der Waals surface area contributed by atoms with E-state index in [0.29, 0.717) is 27.9 Å². The molecule has 1 aliphatic carbocycles. The maximum Gasteiger partial charge on any atom is 0.164 e. The lowest BCUT2D eigenvalue weighted by atomic mass is 9.99. The summed E-state index contributed by atoms with van der Waals surface area (Å²) in [5.74, 6) is 1.50. The summed E-state index contributed by atoms with van der Waals surface area (Å²) in [4.78, 5) is 17.7. The number of aromatic nitrogens is 3. The molecule has 0 N–H and O–H groups in total. The summed E-state index contributed by atoms with van der Waals surface area (Å²) in [5.41, 5.74) is 7.78. The molecule has 8 rings (SSSR count). The normalized spacial score (nSPS) is 13.9. The molecule has 0 atom stereocenters. The molecule has 0 fully saturated rings. The van der Waals surface area contributed by atoms with Crippen molar-refractivity contribution in [1.29, 1.82) is 0 Å². The molecule has 0 saturated carbocycles. The standard InChI is InChI=1S/C52H42FN3S2/c1-8-18-35-30-33(7)46(38-22-15-14-21-37(35)38)42(53)28-27-32(6)29-41-43(10-3)57-44-25-16-24-40(48(41)44)52-55-50(34-19-12-11-13-20-34)54-51(56-52)39-23-17-26-45-47(39)36(9-2)49(58-45)31(4)5/h8-12,14-19,21-30H,2-4,7,13,20H2,1,5-6H3/b18-8-,28-27+,32-29+,46-42-. The van der Waals surface area contributed by atoms with E-state index in [4.69, 9.17) is 15.0 Å². The van der Waals surface area contributed by atoms with Crippen LogP contribution in [0.3, 0.4) is 0 Å². The van der Waals surface area contributed by atoms with Crippen molar-refractivity contribution >= 4 is 101 Å². The molecule has 284 valence electrons. The van der Waals surface area contributed by atoms with Gasteiger partial charge in [-0.3, -0.25) is 0 Å². The Bertz CT molecular complexity index is 3130. The van der Waals surface area contributed by atoms with E-state index >= 15 is 4.39 Å². The van der Waals surface area contributed by atoms with Crippen LogP contribution in [0.1, 0.15) is 65.9 Å². The van der Waals surface area contributed by atoms with E-state index in [1.165, 1.54) is 0 Å². The van der Waals surface area contributed by atoms with Crippen molar-refractivity contribution in [3.63, 3.8) is 0 Å². The molecule has 0 amide bonds. The average Bonchev–Trinajstić information content (AvgIpc) is 3.81. The van der Waals surface area contributed by atoms with Crippen LogP contribution in [0.25, 0.3) is 102 Å². The van der Waals surface area contributed by atoms with Crippen molar-refractivity contribution < 1.29 is 4.39 Å². The highest BCUT2D eigenvalue weighted by Crippen LogP contribution is 2.43. The SMILES string of the molecule is C=Cc1sc2cccc(-c3nc(C4=CC=CCC4)nc(-c4cccc5sc(C(=C)C)c(C=C)c45)n3)c2c1/C=C(C)/C=C/C(F)=c1\c(=C)cc(/C=C\C)c2ccccc12. The first-order valence-corrected chi connectivity index (χ1v) is 20.9. The quantitative estimate of drug-likeness (QED) is 0.130. The molecular weight excluding hydrogens is 750 g/mol. The lowest BCUT2D eigenvalue weighted by Crippen LogP contribution is -2.26. The number of thiophene rings is 2. The molecule has 3 heterocycles. The molecule has 3 aromatic heterocycles. The van der Waals surface area contributed by atoms with Gasteiger partial charge in [0.2, 0.25) is 0 Å². The van der Waals surface area contributed by atoms with Crippen molar-refractivity contribution in [1.82, 2.24) is 15.0 Å². The van der Waals surface area contributed by atoms with Crippen LogP contribution >= 0.6 is 22.7 Å². The minimum atomic E-state index is -0.339. The number of hydrogen-bond donors (Lipinski definition) is 0. The number of nitrogens with zero attached hydrogens (tertiary/aromatic N) is 3. The topological polar surface area (TPSA) is 38.7 Å². The molecule has 0 aliphatic heterocycles. The Morgan fingerprint density at radius 2 is 1.47 bits per heavy atom. The summed E-state index contributed by atoms with van der Waals surface area (Å²) in [6.07, 6.45) is 21.4. The van der Waals surface area contributed by atoms with Gasteiger partial charge in [-0.15, -0.1) is 22.7 Å². The average molecular weight is 792 g/mol. The molecule has 3 nitrogen and oxygen atoms in total. The van der Waals surface area contributed by atoms with Crippen LogP contribution in [-0.4, -0.2) is 15.0 Å². The number of benzene rings is 4. The lowest BCUT2D eigenvalue weighted by Gasteiger charge is -2.13. The van der Waals surface area contributed by atoms with E-state index in [1.807, 2.05) is 87.5 Å². The number of hydrogen-bond acceptors (Lipinski definition) is 5. The van der Waals surface area contributed by atoms with Crippen molar-refractivity contribution in [2.45, 2.75) is 33.6 Å². The first kappa shape index (κ1) is 38.5. The molecule has 7 aromatic rings. The maximum atomic E-state index is 16.2. The predicted octanol–water partition coefficient (Wildman–Crippen LogP) is 14.0. The Kier molecular flexibility index (Phi) is 10.8. The van der Waals surface area contributed by atoms with Crippen molar-refractivity contribution in [2.24, 2.45) is 0 Å². The zero-order valence-electron chi connectivity index (χ0n) is 32.9. The van der Waals surface area contributed by atoms with Crippen molar-refractivity contribution in [3.8, 4) is 22.8 Å². The van der Waals surface area contributed by atoms with Gasteiger partial charge in [0.25, 0.3) is 0 Å². The summed E-state index contributed by atoms with van der Waals surface area (Å²) < 4.78 is 18.4.